The monoisotopic (exact) mass is 229 g/mol. The Labute approximate surface area is 101 Å². The second-order valence-corrected chi connectivity index (χ2v) is 4.63. The van der Waals surface area contributed by atoms with Crippen molar-refractivity contribution in [3.05, 3.63) is 36.3 Å². The number of rotatable bonds is 3. The van der Waals surface area contributed by atoms with Crippen molar-refractivity contribution in [3.63, 3.8) is 0 Å². The summed E-state index contributed by atoms with van der Waals surface area (Å²) < 4.78 is 0. The van der Waals surface area contributed by atoms with Crippen LogP contribution in [0.25, 0.3) is 0 Å². The van der Waals surface area contributed by atoms with E-state index in [-0.39, 0.29) is 11.4 Å². The van der Waals surface area contributed by atoms with Crippen molar-refractivity contribution in [2.45, 2.75) is 20.8 Å². The van der Waals surface area contributed by atoms with Crippen molar-refractivity contribution in [2.75, 3.05) is 5.32 Å². The van der Waals surface area contributed by atoms with Crippen LogP contribution in [0.1, 0.15) is 20.8 Å². The van der Waals surface area contributed by atoms with Gasteiger partial charge in [-0.05, 0) is 12.1 Å². The summed E-state index contributed by atoms with van der Waals surface area (Å²) in [7, 11) is 0. The molecular formula is C13H15N3O. The fraction of sp³-hybridized carbons (Fsp3) is 0.308. The van der Waals surface area contributed by atoms with Crippen LogP contribution < -0.4 is 5.32 Å². The van der Waals surface area contributed by atoms with Crippen molar-refractivity contribution in [3.8, 4) is 6.07 Å². The van der Waals surface area contributed by atoms with E-state index in [9.17, 15) is 4.79 Å². The summed E-state index contributed by atoms with van der Waals surface area (Å²) in [6.07, 6.45) is 4.70. The zero-order chi connectivity index (χ0) is 12.9. The maximum absolute atomic E-state index is 11.9. The van der Waals surface area contributed by atoms with E-state index in [1.54, 1.807) is 45.3 Å². The van der Waals surface area contributed by atoms with E-state index < -0.39 is 5.41 Å². The minimum Gasteiger partial charge on any atom is -0.360 e. The number of allylic oxidation sites excluding steroid dienone is 1. The van der Waals surface area contributed by atoms with Crippen LogP contribution in [-0.2, 0) is 4.79 Å². The molecule has 1 N–H and O–H groups in total. The van der Waals surface area contributed by atoms with Gasteiger partial charge in [-0.15, -0.1) is 0 Å². The molecule has 0 aromatic carbocycles. The molecule has 0 unspecified atom stereocenters. The van der Waals surface area contributed by atoms with Crippen molar-refractivity contribution in [2.24, 2.45) is 5.41 Å². The standard InChI is InChI=1S/C13H15N3O/c1-13(2,3)12(17)10(8-14)9-16-11-4-6-15-7-5-11/h4-7,9H,1-3H3,(H,15,16)/b10-9+. The van der Waals surface area contributed by atoms with Crippen LogP contribution >= 0.6 is 0 Å². The first-order valence-corrected chi connectivity index (χ1v) is 5.27. The number of nitriles is 1. The SMILES string of the molecule is CC(C)(C)C(=O)/C(C#N)=C/Nc1ccncc1. The van der Waals surface area contributed by atoms with Gasteiger partial charge in [0.25, 0.3) is 0 Å². The molecular weight excluding hydrogens is 214 g/mol. The molecule has 1 heterocycles. The lowest BCUT2D eigenvalue weighted by Gasteiger charge is -2.15. The van der Waals surface area contributed by atoms with Gasteiger partial charge in [-0.2, -0.15) is 5.26 Å². The Bertz CT molecular complexity index is 464. The van der Waals surface area contributed by atoms with E-state index in [1.165, 1.54) is 6.20 Å². The highest BCUT2D eigenvalue weighted by atomic mass is 16.1. The highest BCUT2D eigenvalue weighted by Crippen LogP contribution is 2.19. The molecule has 0 aliphatic heterocycles. The Morgan fingerprint density at radius 1 is 1.41 bits per heavy atom. The number of Topliss-reactive ketones (excluding diaryl/α,β-unsaturated/α-hetero) is 1. The Hall–Kier alpha value is -2.15. The molecule has 0 radical (unpaired) electrons. The number of pyridine rings is 1. The number of anilines is 1. The highest BCUT2D eigenvalue weighted by Gasteiger charge is 2.24. The largest absolute Gasteiger partial charge is 0.360 e. The van der Waals surface area contributed by atoms with Crippen LogP contribution in [0.4, 0.5) is 5.69 Å². The third-order valence-corrected chi connectivity index (χ3v) is 2.11. The molecule has 0 amide bonds. The highest BCUT2D eigenvalue weighted by molar-refractivity contribution is 6.02. The lowest BCUT2D eigenvalue weighted by Crippen LogP contribution is -2.22. The number of hydrogen-bond acceptors (Lipinski definition) is 4. The normalized spacial score (nSPS) is 11.8. The number of ketones is 1. The number of hydrogen-bond donors (Lipinski definition) is 1. The molecule has 1 rings (SSSR count). The van der Waals surface area contributed by atoms with Crippen LogP contribution in [-0.4, -0.2) is 10.8 Å². The van der Waals surface area contributed by atoms with Gasteiger partial charge in [0.1, 0.15) is 11.6 Å². The van der Waals surface area contributed by atoms with E-state index in [4.69, 9.17) is 5.26 Å². The van der Waals surface area contributed by atoms with Gasteiger partial charge in [-0.1, -0.05) is 20.8 Å². The van der Waals surface area contributed by atoms with Gasteiger partial charge in [0.15, 0.2) is 5.78 Å². The maximum Gasteiger partial charge on any atom is 0.180 e. The van der Waals surface area contributed by atoms with Gasteiger partial charge < -0.3 is 5.32 Å². The first-order valence-electron chi connectivity index (χ1n) is 5.27. The van der Waals surface area contributed by atoms with Crippen LogP contribution in [0.5, 0.6) is 0 Å². The Morgan fingerprint density at radius 3 is 2.47 bits per heavy atom. The molecule has 0 aliphatic rings. The summed E-state index contributed by atoms with van der Waals surface area (Å²) in [4.78, 5) is 15.7. The van der Waals surface area contributed by atoms with Gasteiger partial charge in [-0.3, -0.25) is 9.78 Å². The number of nitrogens with zero attached hydrogens (tertiary/aromatic N) is 2. The van der Waals surface area contributed by atoms with Crippen molar-refractivity contribution < 1.29 is 4.79 Å². The Kier molecular flexibility index (Phi) is 4.00. The average Bonchev–Trinajstić information content (AvgIpc) is 2.30. The molecule has 1 aromatic heterocycles. The number of nitrogens with one attached hydrogen (secondary N) is 1. The quantitative estimate of drug-likeness (QED) is 0.639. The van der Waals surface area contributed by atoms with Crippen LogP contribution in [0.2, 0.25) is 0 Å². The molecule has 0 atom stereocenters. The zero-order valence-corrected chi connectivity index (χ0v) is 10.2. The van der Waals surface area contributed by atoms with E-state index in [0.717, 1.165) is 5.69 Å². The van der Waals surface area contributed by atoms with E-state index in [2.05, 4.69) is 10.3 Å². The molecule has 4 heteroatoms. The third kappa shape index (κ3) is 3.72. The predicted octanol–water partition coefficient (Wildman–Crippen LogP) is 2.52. The number of carbonyl (C=O) groups is 1. The molecule has 0 bridgehead atoms. The van der Waals surface area contributed by atoms with Gasteiger partial charge in [0.2, 0.25) is 0 Å². The third-order valence-electron chi connectivity index (χ3n) is 2.11. The second kappa shape index (κ2) is 5.26. The Balaban J connectivity index is 2.84. The smallest absolute Gasteiger partial charge is 0.180 e. The van der Waals surface area contributed by atoms with Crippen molar-refractivity contribution in [1.82, 2.24) is 4.98 Å². The summed E-state index contributed by atoms with van der Waals surface area (Å²) in [5.41, 5.74) is 0.352. The molecule has 4 nitrogen and oxygen atoms in total. The van der Waals surface area contributed by atoms with Crippen molar-refractivity contribution >= 4 is 11.5 Å². The predicted molar refractivity (Wildman–Crippen MR) is 66.0 cm³/mol. The lowest BCUT2D eigenvalue weighted by atomic mass is 9.87. The molecule has 0 aliphatic carbocycles. The number of carbonyl (C=O) groups excluding carboxylic acids is 1. The topological polar surface area (TPSA) is 65.8 Å². The molecule has 17 heavy (non-hydrogen) atoms. The molecule has 0 saturated carbocycles. The van der Waals surface area contributed by atoms with Gasteiger partial charge in [0, 0.05) is 29.7 Å². The molecule has 0 spiro atoms. The minimum atomic E-state index is -0.554. The molecule has 1 aromatic rings. The minimum absolute atomic E-state index is 0.120. The first-order chi connectivity index (χ1) is 7.95. The van der Waals surface area contributed by atoms with Crippen LogP contribution in [0.15, 0.2) is 36.3 Å². The first kappa shape index (κ1) is 12.9. The zero-order valence-electron chi connectivity index (χ0n) is 10.2. The Morgan fingerprint density at radius 2 is 2.00 bits per heavy atom. The average molecular weight is 229 g/mol. The van der Waals surface area contributed by atoms with Crippen LogP contribution in [0, 0.1) is 16.7 Å². The number of aromatic nitrogens is 1. The second-order valence-electron chi connectivity index (χ2n) is 4.63. The van der Waals surface area contributed by atoms with Crippen LogP contribution in [0.3, 0.4) is 0 Å². The van der Waals surface area contributed by atoms with E-state index >= 15 is 0 Å². The fourth-order valence-electron chi connectivity index (χ4n) is 1.16. The fourth-order valence-corrected chi connectivity index (χ4v) is 1.16. The summed E-state index contributed by atoms with van der Waals surface area (Å²) in [6.45, 7) is 5.35. The van der Waals surface area contributed by atoms with E-state index in [0.29, 0.717) is 0 Å². The van der Waals surface area contributed by atoms with Gasteiger partial charge in [0.05, 0.1) is 0 Å². The summed E-state index contributed by atoms with van der Waals surface area (Å²) in [6, 6.07) is 5.43. The van der Waals surface area contributed by atoms with Crippen molar-refractivity contribution in [1.29, 1.82) is 5.26 Å². The molecule has 0 saturated heterocycles. The summed E-state index contributed by atoms with van der Waals surface area (Å²) in [5.74, 6) is -0.179. The summed E-state index contributed by atoms with van der Waals surface area (Å²) in [5, 5.41) is 11.8. The lowest BCUT2D eigenvalue weighted by molar-refractivity contribution is -0.122. The van der Waals surface area contributed by atoms with Gasteiger partial charge >= 0.3 is 0 Å². The summed E-state index contributed by atoms with van der Waals surface area (Å²) >= 11 is 0. The van der Waals surface area contributed by atoms with Gasteiger partial charge in [-0.25, -0.2) is 0 Å². The van der Waals surface area contributed by atoms with E-state index in [1.807, 2.05) is 6.07 Å². The molecule has 88 valence electrons. The molecule has 0 fully saturated rings. The maximum atomic E-state index is 11.9.